The van der Waals surface area contributed by atoms with E-state index in [1.807, 2.05) is 31.2 Å². The van der Waals surface area contributed by atoms with E-state index >= 15 is 0 Å². The molecule has 0 aliphatic carbocycles. The van der Waals surface area contributed by atoms with Crippen molar-refractivity contribution in [1.29, 1.82) is 0 Å². The van der Waals surface area contributed by atoms with Crippen LogP contribution in [0.2, 0.25) is 5.02 Å². The minimum atomic E-state index is -3.65. The number of nitrogens with zero attached hydrogens (tertiary/aromatic N) is 1. The number of amides is 1. The summed E-state index contributed by atoms with van der Waals surface area (Å²) < 4.78 is 25.8. The van der Waals surface area contributed by atoms with Gasteiger partial charge in [0.15, 0.2) is 0 Å². The molecule has 0 aromatic heterocycles. The molecular formula is C19H23ClN2O3S. The summed E-state index contributed by atoms with van der Waals surface area (Å²) in [4.78, 5) is 12.7. The average Bonchev–Trinajstić information content (AvgIpc) is 2.59. The van der Waals surface area contributed by atoms with Crippen LogP contribution in [0.5, 0.6) is 0 Å². The SMILES string of the molecule is CC[C@@H](C(=O)NCc1ccc(C)cc1)N(c1ccc(Cl)cc1)S(C)(=O)=O. The zero-order valence-electron chi connectivity index (χ0n) is 15.1. The van der Waals surface area contributed by atoms with Gasteiger partial charge in [-0.2, -0.15) is 0 Å². The number of carbonyl (C=O) groups excluding carboxylic acids is 1. The standard InChI is InChI=1S/C19H23ClN2O3S/c1-4-18(19(23)21-13-15-7-5-14(2)6-8-15)22(26(3,24)25)17-11-9-16(20)10-12-17/h5-12,18H,4,13H2,1-3H3,(H,21,23)/t18-/m0/s1. The Morgan fingerprint density at radius 2 is 1.69 bits per heavy atom. The Hall–Kier alpha value is -2.05. The lowest BCUT2D eigenvalue weighted by molar-refractivity contribution is -0.122. The summed E-state index contributed by atoms with van der Waals surface area (Å²) in [6, 6.07) is 13.4. The second-order valence-corrected chi connectivity index (χ2v) is 8.46. The summed E-state index contributed by atoms with van der Waals surface area (Å²) in [5, 5.41) is 3.33. The molecule has 0 aliphatic rings. The first-order valence-corrected chi connectivity index (χ1v) is 10.5. The number of nitrogens with one attached hydrogen (secondary N) is 1. The van der Waals surface area contributed by atoms with Crippen molar-refractivity contribution in [3.8, 4) is 0 Å². The minimum Gasteiger partial charge on any atom is -0.350 e. The van der Waals surface area contributed by atoms with Crippen molar-refractivity contribution >= 4 is 33.2 Å². The van der Waals surface area contributed by atoms with Crippen LogP contribution in [-0.2, 0) is 21.4 Å². The zero-order chi connectivity index (χ0) is 19.3. The van der Waals surface area contributed by atoms with E-state index in [1.165, 1.54) is 0 Å². The van der Waals surface area contributed by atoms with Crippen LogP contribution in [0.3, 0.4) is 0 Å². The molecule has 1 N–H and O–H groups in total. The monoisotopic (exact) mass is 394 g/mol. The third kappa shape index (κ3) is 5.22. The van der Waals surface area contributed by atoms with Crippen LogP contribution in [0.15, 0.2) is 48.5 Å². The van der Waals surface area contributed by atoms with E-state index in [9.17, 15) is 13.2 Å². The molecule has 0 radical (unpaired) electrons. The minimum absolute atomic E-state index is 0.339. The molecule has 140 valence electrons. The van der Waals surface area contributed by atoms with Crippen molar-refractivity contribution in [3.05, 3.63) is 64.7 Å². The van der Waals surface area contributed by atoms with Gasteiger partial charge in [-0.25, -0.2) is 8.42 Å². The topological polar surface area (TPSA) is 66.5 Å². The van der Waals surface area contributed by atoms with Crippen molar-refractivity contribution in [2.24, 2.45) is 0 Å². The number of benzene rings is 2. The molecule has 0 aliphatic heterocycles. The molecule has 5 nitrogen and oxygen atoms in total. The number of rotatable bonds is 7. The molecular weight excluding hydrogens is 372 g/mol. The second-order valence-electron chi connectivity index (χ2n) is 6.16. The summed E-state index contributed by atoms with van der Waals surface area (Å²) in [5.74, 6) is -0.339. The van der Waals surface area contributed by atoms with Crippen molar-refractivity contribution in [1.82, 2.24) is 5.32 Å². The normalized spacial score (nSPS) is 12.5. The third-order valence-corrected chi connectivity index (χ3v) is 5.43. The summed E-state index contributed by atoms with van der Waals surface area (Å²) >= 11 is 5.89. The van der Waals surface area contributed by atoms with Crippen LogP contribution in [0.4, 0.5) is 5.69 Å². The molecule has 2 aromatic rings. The molecule has 2 rings (SSSR count). The maximum atomic E-state index is 12.7. The first kappa shape index (κ1) is 20.3. The predicted octanol–water partition coefficient (Wildman–Crippen LogP) is 3.51. The van der Waals surface area contributed by atoms with Gasteiger partial charge in [0, 0.05) is 11.6 Å². The molecule has 0 bridgehead atoms. The van der Waals surface area contributed by atoms with E-state index in [0.29, 0.717) is 23.7 Å². The van der Waals surface area contributed by atoms with E-state index in [4.69, 9.17) is 11.6 Å². The van der Waals surface area contributed by atoms with Crippen molar-refractivity contribution < 1.29 is 13.2 Å². The smallest absolute Gasteiger partial charge is 0.244 e. The highest BCUT2D eigenvalue weighted by Crippen LogP contribution is 2.24. The van der Waals surface area contributed by atoms with Gasteiger partial charge in [0.25, 0.3) is 0 Å². The first-order chi connectivity index (χ1) is 12.2. The second kappa shape index (κ2) is 8.56. The van der Waals surface area contributed by atoms with Gasteiger partial charge in [-0.3, -0.25) is 9.10 Å². The highest BCUT2D eigenvalue weighted by Gasteiger charge is 2.31. The number of halogens is 1. The molecule has 0 unspecified atom stereocenters. The first-order valence-electron chi connectivity index (χ1n) is 8.30. The van der Waals surface area contributed by atoms with Crippen molar-refractivity contribution in [3.63, 3.8) is 0 Å². The largest absolute Gasteiger partial charge is 0.350 e. The number of aryl methyl sites for hydroxylation is 1. The average molecular weight is 395 g/mol. The third-order valence-electron chi connectivity index (χ3n) is 4.00. The lowest BCUT2D eigenvalue weighted by Crippen LogP contribution is -2.49. The van der Waals surface area contributed by atoms with Crippen molar-refractivity contribution in [2.45, 2.75) is 32.9 Å². The van der Waals surface area contributed by atoms with Gasteiger partial charge in [0.1, 0.15) is 6.04 Å². The molecule has 0 saturated heterocycles. The van der Waals surface area contributed by atoms with Gasteiger partial charge < -0.3 is 5.32 Å². The van der Waals surface area contributed by atoms with Crippen molar-refractivity contribution in [2.75, 3.05) is 10.6 Å². The van der Waals surface area contributed by atoms with Gasteiger partial charge in [-0.05, 0) is 43.2 Å². The van der Waals surface area contributed by atoms with Gasteiger partial charge in [0.05, 0.1) is 11.9 Å². The number of hydrogen-bond acceptors (Lipinski definition) is 3. The summed E-state index contributed by atoms with van der Waals surface area (Å²) in [5.41, 5.74) is 2.50. The maximum Gasteiger partial charge on any atom is 0.244 e. The Morgan fingerprint density at radius 1 is 1.12 bits per heavy atom. The molecule has 0 spiro atoms. The Bertz CT molecular complexity index is 849. The lowest BCUT2D eigenvalue weighted by atomic mass is 10.1. The molecule has 7 heteroatoms. The Labute approximate surface area is 160 Å². The highest BCUT2D eigenvalue weighted by atomic mass is 35.5. The molecule has 0 saturated carbocycles. The number of hydrogen-bond donors (Lipinski definition) is 1. The predicted molar refractivity (Wildman–Crippen MR) is 106 cm³/mol. The van der Waals surface area contributed by atoms with E-state index in [0.717, 1.165) is 21.7 Å². The van der Waals surface area contributed by atoms with Gasteiger partial charge >= 0.3 is 0 Å². The number of anilines is 1. The zero-order valence-corrected chi connectivity index (χ0v) is 16.6. The van der Waals surface area contributed by atoms with E-state index in [1.54, 1.807) is 31.2 Å². The summed E-state index contributed by atoms with van der Waals surface area (Å²) in [6.07, 6.45) is 1.44. The van der Waals surface area contributed by atoms with Crippen LogP contribution < -0.4 is 9.62 Å². The van der Waals surface area contributed by atoms with Gasteiger partial charge in [-0.1, -0.05) is 48.4 Å². The van der Waals surface area contributed by atoms with Crippen LogP contribution in [0, 0.1) is 6.92 Å². The van der Waals surface area contributed by atoms with Crippen LogP contribution >= 0.6 is 11.6 Å². The van der Waals surface area contributed by atoms with E-state index in [-0.39, 0.29) is 5.91 Å². The molecule has 2 aromatic carbocycles. The maximum absolute atomic E-state index is 12.7. The Balaban J connectivity index is 2.22. The van der Waals surface area contributed by atoms with Crippen LogP contribution in [0.25, 0.3) is 0 Å². The van der Waals surface area contributed by atoms with Gasteiger partial charge in [-0.15, -0.1) is 0 Å². The van der Waals surface area contributed by atoms with Crippen LogP contribution in [-0.4, -0.2) is 26.6 Å². The Kier molecular flexibility index (Phi) is 6.67. The van der Waals surface area contributed by atoms with E-state index in [2.05, 4.69) is 5.32 Å². The molecule has 1 atom stereocenters. The van der Waals surface area contributed by atoms with E-state index < -0.39 is 16.1 Å². The highest BCUT2D eigenvalue weighted by molar-refractivity contribution is 7.92. The number of carbonyl (C=O) groups is 1. The molecule has 0 heterocycles. The summed E-state index contributed by atoms with van der Waals surface area (Å²) in [6.45, 7) is 4.11. The Morgan fingerprint density at radius 3 is 2.19 bits per heavy atom. The quantitative estimate of drug-likeness (QED) is 0.781. The summed E-state index contributed by atoms with van der Waals surface area (Å²) in [7, 11) is -3.65. The fourth-order valence-corrected chi connectivity index (χ4v) is 4.00. The van der Waals surface area contributed by atoms with Crippen LogP contribution in [0.1, 0.15) is 24.5 Å². The molecule has 1 amide bonds. The fourth-order valence-electron chi connectivity index (χ4n) is 2.66. The fraction of sp³-hybridized carbons (Fsp3) is 0.316. The van der Waals surface area contributed by atoms with Gasteiger partial charge in [0.2, 0.25) is 15.9 Å². The number of sulfonamides is 1. The molecule has 26 heavy (non-hydrogen) atoms. The lowest BCUT2D eigenvalue weighted by Gasteiger charge is -2.30. The molecule has 0 fully saturated rings.